The predicted molar refractivity (Wildman–Crippen MR) is 202 cm³/mol. The van der Waals surface area contributed by atoms with Gasteiger partial charge in [-0.25, -0.2) is 27.2 Å². The van der Waals surface area contributed by atoms with Crippen LogP contribution >= 0.6 is 0 Å². The Kier molecular flexibility index (Phi) is 10.6. The molecule has 2 aliphatic heterocycles. The van der Waals surface area contributed by atoms with Gasteiger partial charge in [-0.15, -0.1) is 0 Å². The Labute approximate surface area is 324 Å². The molecule has 13 nitrogen and oxygen atoms in total. The van der Waals surface area contributed by atoms with Gasteiger partial charge in [-0.1, -0.05) is 44.1 Å². The second-order valence-corrected chi connectivity index (χ2v) is 18.0. The average Bonchev–Trinajstić information content (AvgIpc) is 4.04. The van der Waals surface area contributed by atoms with Gasteiger partial charge in [0.25, 0.3) is 11.8 Å². The zero-order chi connectivity index (χ0) is 40.0. The van der Waals surface area contributed by atoms with Crippen LogP contribution in [-0.2, 0) is 29.2 Å². The number of ether oxygens (including phenoxy) is 1. The molecule has 1 saturated heterocycles. The van der Waals surface area contributed by atoms with Gasteiger partial charge in [0.2, 0.25) is 27.7 Å². The zero-order valence-corrected chi connectivity index (χ0v) is 32.3. The maximum absolute atomic E-state index is 15.1. The van der Waals surface area contributed by atoms with Crippen LogP contribution in [0.5, 0.6) is 5.88 Å². The summed E-state index contributed by atoms with van der Waals surface area (Å²) in [5, 5.41) is 5.56. The molecule has 0 spiro atoms. The minimum absolute atomic E-state index is 0.0691. The quantitative estimate of drug-likeness (QED) is 0.346. The van der Waals surface area contributed by atoms with Crippen molar-refractivity contribution in [3.63, 3.8) is 0 Å². The molecule has 4 amide bonds. The van der Waals surface area contributed by atoms with Gasteiger partial charge in [0.1, 0.15) is 41.1 Å². The summed E-state index contributed by atoms with van der Waals surface area (Å²) in [7, 11) is -4.04. The molecule has 0 radical (unpaired) electrons. The summed E-state index contributed by atoms with van der Waals surface area (Å²) in [6, 6.07) is 1.58. The van der Waals surface area contributed by atoms with Gasteiger partial charge < -0.3 is 20.3 Å². The van der Waals surface area contributed by atoms with Crippen LogP contribution in [0, 0.1) is 24.6 Å². The number of hydrogen-bond donors (Lipinski definition) is 3. The lowest BCUT2D eigenvalue weighted by molar-refractivity contribution is -0.142. The van der Waals surface area contributed by atoms with Gasteiger partial charge in [-0.2, -0.15) is 0 Å². The SMILES string of the molecule is Cc1nc2ccc(F)cc2nc1OC1CC2C(=O)NC3(C(=O)NS(=O)(=O)C4(C)CC4)CC3C=CCCCCCC(NC(=O)C3=C(F)C=CC(C)C=C3)C(=O)N2C1. The summed E-state index contributed by atoms with van der Waals surface area (Å²) >= 11 is 0. The molecule has 0 bridgehead atoms. The number of rotatable bonds is 7. The molecule has 1 aromatic heterocycles. The van der Waals surface area contributed by atoms with Crippen molar-refractivity contribution < 1.29 is 41.1 Å². The molecule has 3 aliphatic carbocycles. The Morgan fingerprint density at radius 1 is 1.04 bits per heavy atom. The summed E-state index contributed by atoms with van der Waals surface area (Å²) in [4.78, 5) is 66.7. The second-order valence-electron chi connectivity index (χ2n) is 15.8. The van der Waals surface area contributed by atoms with Crippen molar-refractivity contribution >= 4 is 44.7 Å². The second kappa shape index (κ2) is 15.2. The fourth-order valence-corrected chi connectivity index (χ4v) is 8.77. The summed E-state index contributed by atoms with van der Waals surface area (Å²) < 4.78 is 62.9. The van der Waals surface area contributed by atoms with Crippen molar-refractivity contribution in [1.82, 2.24) is 30.2 Å². The molecule has 2 aromatic rings. The van der Waals surface area contributed by atoms with Crippen LogP contribution in [0.15, 0.2) is 66.1 Å². The number of amides is 4. The molecule has 2 saturated carbocycles. The molecular formula is C40H46F2N6O7S. The molecule has 3 heterocycles. The summed E-state index contributed by atoms with van der Waals surface area (Å²) in [6.45, 7) is 4.92. The molecule has 6 atom stereocenters. The highest BCUT2D eigenvalue weighted by Crippen LogP contribution is 2.47. The van der Waals surface area contributed by atoms with Crippen molar-refractivity contribution in [1.29, 1.82) is 0 Å². The molecule has 3 N–H and O–H groups in total. The number of nitrogens with one attached hydrogen (secondary N) is 3. The number of aromatic nitrogens is 2. The molecule has 3 fully saturated rings. The number of fused-ring (bicyclic) bond motifs is 3. The van der Waals surface area contributed by atoms with Crippen LogP contribution in [0.4, 0.5) is 8.78 Å². The van der Waals surface area contributed by atoms with Crippen LogP contribution in [0.2, 0.25) is 0 Å². The average molecular weight is 793 g/mol. The summed E-state index contributed by atoms with van der Waals surface area (Å²) in [5.74, 6) is -4.78. The van der Waals surface area contributed by atoms with Crippen molar-refractivity contribution in [2.45, 2.75) is 107 Å². The van der Waals surface area contributed by atoms with Crippen molar-refractivity contribution in [2.75, 3.05) is 6.54 Å². The topological polar surface area (TPSA) is 177 Å². The first-order valence-corrected chi connectivity index (χ1v) is 20.6. The highest BCUT2D eigenvalue weighted by molar-refractivity contribution is 7.91. The van der Waals surface area contributed by atoms with Crippen LogP contribution in [-0.4, -0.2) is 81.9 Å². The van der Waals surface area contributed by atoms with Gasteiger partial charge in [-0.3, -0.25) is 23.9 Å². The van der Waals surface area contributed by atoms with E-state index in [4.69, 9.17) is 4.74 Å². The lowest BCUT2D eigenvalue weighted by atomic mass is 10.0. The van der Waals surface area contributed by atoms with E-state index < -0.39 is 79.7 Å². The van der Waals surface area contributed by atoms with Gasteiger partial charge in [0, 0.05) is 18.4 Å². The van der Waals surface area contributed by atoms with Gasteiger partial charge in [0.05, 0.1) is 27.9 Å². The fraction of sp³-hybridized carbons (Fsp3) is 0.500. The van der Waals surface area contributed by atoms with E-state index in [1.165, 1.54) is 35.3 Å². The Hall–Kier alpha value is -4.99. The van der Waals surface area contributed by atoms with Crippen LogP contribution in [0.25, 0.3) is 11.0 Å². The maximum atomic E-state index is 15.1. The van der Waals surface area contributed by atoms with Gasteiger partial charge in [0.15, 0.2) is 0 Å². The third kappa shape index (κ3) is 7.98. The third-order valence-electron chi connectivity index (χ3n) is 11.4. The van der Waals surface area contributed by atoms with E-state index in [1.807, 2.05) is 19.1 Å². The summed E-state index contributed by atoms with van der Waals surface area (Å²) in [5.41, 5.74) is -0.751. The number of benzene rings is 1. The number of allylic oxidation sites excluding steroid dienone is 5. The van der Waals surface area contributed by atoms with E-state index in [9.17, 15) is 32.0 Å². The number of hydrogen-bond acceptors (Lipinski definition) is 9. The molecule has 5 aliphatic rings. The number of nitrogens with zero attached hydrogens (tertiary/aromatic N) is 3. The highest BCUT2D eigenvalue weighted by atomic mass is 32.2. The normalized spacial score (nSPS) is 29.0. The van der Waals surface area contributed by atoms with E-state index in [0.29, 0.717) is 43.3 Å². The van der Waals surface area contributed by atoms with Gasteiger partial charge in [-0.05, 0) is 82.6 Å². The van der Waals surface area contributed by atoms with E-state index in [2.05, 4.69) is 25.3 Å². The van der Waals surface area contributed by atoms with E-state index in [0.717, 1.165) is 6.42 Å². The van der Waals surface area contributed by atoms with E-state index >= 15 is 4.39 Å². The van der Waals surface area contributed by atoms with E-state index in [1.54, 1.807) is 26.0 Å². The maximum Gasteiger partial charge on any atom is 0.259 e. The Morgan fingerprint density at radius 2 is 1.80 bits per heavy atom. The van der Waals surface area contributed by atoms with Crippen molar-refractivity contribution in [2.24, 2.45) is 11.8 Å². The molecule has 1 aromatic carbocycles. The molecule has 16 heteroatoms. The van der Waals surface area contributed by atoms with Gasteiger partial charge >= 0.3 is 0 Å². The highest BCUT2D eigenvalue weighted by Gasteiger charge is 2.63. The molecule has 298 valence electrons. The number of halogens is 2. The molecule has 6 unspecified atom stereocenters. The van der Waals surface area contributed by atoms with Crippen molar-refractivity contribution in [3.05, 3.63) is 77.6 Å². The number of carbonyl (C=O) groups is 4. The molecule has 7 rings (SSSR count). The smallest absolute Gasteiger partial charge is 0.259 e. The Balaban J connectivity index is 1.20. The first kappa shape index (κ1) is 39.3. The van der Waals surface area contributed by atoms with Crippen LogP contribution in [0.3, 0.4) is 0 Å². The minimum Gasteiger partial charge on any atom is -0.471 e. The Bertz CT molecular complexity index is 2200. The first-order valence-electron chi connectivity index (χ1n) is 19.1. The van der Waals surface area contributed by atoms with Crippen LogP contribution < -0.4 is 20.1 Å². The lowest BCUT2D eigenvalue weighted by Crippen LogP contribution is -2.58. The third-order valence-corrected chi connectivity index (χ3v) is 13.6. The van der Waals surface area contributed by atoms with Crippen molar-refractivity contribution in [3.8, 4) is 5.88 Å². The summed E-state index contributed by atoms with van der Waals surface area (Å²) in [6.07, 6.45) is 12.4. The first-order chi connectivity index (χ1) is 26.6. The number of carbonyl (C=O) groups excluding carboxylic acids is 4. The minimum atomic E-state index is -4.04. The van der Waals surface area contributed by atoms with E-state index in [-0.39, 0.29) is 48.7 Å². The Morgan fingerprint density at radius 3 is 2.57 bits per heavy atom. The molecular weight excluding hydrogens is 747 g/mol. The fourth-order valence-electron chi connectivity index (χ4n) is 7.45. The monoisotopic (exact) mass is 792 g/mol. The lowest BCUT2D eigenvalue weighted by Gasteiger charge is -2.30. The molecule has 56 heavy (non-hydrogen) atoms. The zero-order valence-electron chi connectivity index (χ0n) is 31.5. The number of aryl methyl sites for hydroxylation is 1. The van der Waals surface area contributed by atoms with Crippen LogP contribution in [0.1, 0.15) is 77.3 Å². The predicted octanol–water partition coefficient (Wildman–Crippen LogP) is 4.29. The largest absolute Gasteiger partial charge is 0.471 e. The number of sulfonamides is 1. The standard InChI is InChI=1S/C40H46F2N6O7S/c1-23-11-14-28(29(42)15-12-23)34(49)44-31-10-8-6-4-5-7-9-25-21-40(25,38(52)47-56(53,54)39(3)17-18-39)46-35(50)33-20-27(22-48(33)37(31)51)55-36-24(2)43-30-16-13-26(41)19-32(30)45-36/h7,9,11-16,19,23,25,27,31,33H,4-6,8,10,17-18,20-22H2,1-3H3,(H,44,49)(H,46,50)(H,47,52).